The number of carbonyl (C=O) groups excluding carboxylic acids is 2. The number of allylic oxidation sites excluding steroid dienone is 1. The largest absolute Gasteiger partial charge is 0.573 e. The summed E-state index contributed by atoms with van der Waals surface area (Å²) in [6.07, 6.45) is -3.12. The van der Waals surface area contributed by atoms with Gasteiger partial charge in [-0.25, -0.2) is 0 Å². The van der Waals surface area contributed by atoms with Gasteiger partial charge < -0.3 is 4.74 Å². The van der Waals surface area contributed by atoms with Gasteiger partial charge in [0.25, 0.3) is 0 Å². The van der Waals surface area contributed by atoms with Crippen LogP contribution in [0.5, 0.6) is 5.75 Å². The number of hydrogen-bond donors (Lipinski definition) is 0. The number of nitrogens with zero attached hydrogens (tertiary/aromatic N) is 1. The third-order valence-electron chi connectivity index (χ3n) is 4.79. The Balaban J connectivity index is 1.67. The Morgan fingerprint density at radius 2 is 1.65 bits per heavy atom. The van der Waals surface area contributed by atoms with Crippen molar-refractivity contribution in [1.82, 2.24) is 0 Å². The summed E-state index contributed by atoms with van der Waals surface area (Å²) < 4.78 is 40.9. The highest BCUT2D eigenvalue weighted by Crippen LogP contribution is 2.36. The lowest BCUT2D eigenvalue weighted by Crippen LogP contribution is -2.25. The molecule has 0 saturated carbocycles. The normalized spacial score (nSPS) is 14.6. The maximum atomic E-state index is 12.9. The zero-order chi connectivity index (χ0) is 22.2. The molecule has 0 atom stereocenters. The Morgan fingerprint density at radius 1 is 0.935 bits per heavy atom. The number of hydrogen-bond acceptors (Lipinski definition) is 3. The van der Waals surface area contributed by atoms with Crippen molar-refractivity contribution in [2.24, 2.45) is 0 Å². The van der Waals surface area contributed by atoms with Gasteiger partial charge in [0.15, 0.2) is 0 Å². The highest BCUT2D eigenvalue weighted by Gasteiger charge is 2.34. The number of ether oxygens (including phenoxy) is 1. The van der Waals surface area contributed by atoms with Crippen LogP contribution in [0.4, 0.5) is 18.9 Å². The van der Waals surface area contributed by atoms with E-state index < -0.39 is 6.36 Å². The molecule has 31 heavy (non-hydrogen) atoms. The third-order valence-corrected chi connectivity index (χ3v) is 4.79. The molecule has 0 radical (unpaired) electrons. The molecule has 0 fully saturated rings. The van der Waals surface area contributed by atoms with E-state index in [4.69, 9.17) is 0 Å². The molecule has 3 aromatic carbocycles. The Bertz CT molecular complexity index is 1200. The third kappa shape index (κ3) is 4.21. The number of amides is 1. The van der Waals surface area contributed by atoms with Crippen molar-refractivity contribution in [3.8, 4) is 16.9 Å². The average molecular weight is 423 g/mol. The van der Waals surface area contributed by atoms with Crippen LogP contribution in [-0.2, 0) is 4.79 Å². The average Bonchev–Trinajstić information content (AvgIpc) is 3.00. The second kappa shape index (κ2) is 7.75. The number of rotatable bonds is 3. The molecule has 1 aliphatic rings. The minimum atomic E-state index is -4.75. The lowest BCUT2D eigenvalue weighted by molar-refractivity contribution is -0.274. The van der Waals surface area contributed by atoms with Crippen molar-refractivity contribution in [3.05, 3.63) is 89.6 Å². The van der Waals surface area contributed by atoms with Crippen molar-refractivity contribution < 1.29 is 27.5 Å². The smallest absolute Gasteiger partial charge is 0.406 e. The van der Waals surface area contributed by atoms with E-state index in [-0.39, 0.29) is 23.1 Å². The number of halogens is 3. The first kappa shape index (κ1) is 20.4. The van der Waals surface area contributed by atoms with Crippen LogP contribution >= 0.6 is 0 Å². The van der Waals surface area contributed by atoms with E-state index in [2.05, 4.69) is 4.74 Å². The van der Waals surface area contributed by atoms with E-state index in [9.17, 15) is 22.8 Å². The van der Waals surface area contributed by atoms with Crippen molar-refractivity contribution in [2.75, 3.05) is 4.90 Å². The molecule has 0 aliphatic carbocycles. The van der Waals surface area contributed by atoms with Gasteiger partial charge in [-0.1, -0.05) is 42.5 Å². The van der Waals surface area contributed by atoms with Gasteiger partial charge in [-0.2, -0.15) is 0 Å². The van der Waals surface area contributed by atoms with Gasteiger partial charge in [0, 0.05) is 12.5 Å². The molecule has 4 rings (SSSR count). The van der Waals surface area contributed by atoms with Gasteiger partial charge in [0.2, 0.25) is 11.7 Å². The molecule has 156 valence electrons. The maximum absolute atomic E-state index is 12.9. The van der Waals surface area contributed by atoms with Gasteiger partial charge in [0.1, 0.15) is 5.75 Å². The number of fused-ring (bicyclic) bond motifs is 1. The molecule has 0 aromatic heterocycles. The Morgan fingerprint density at radius 3 is 2.32 bits per heavy atom. The summed E-state index contributed by atoms with van der Waals surface area (Å²) in [5, 5.41) is 0. The predicted octanol–water partition coefficient (Wildman–Crippen LogP) is 5.84. The van der Waals surface area contributed by atoms with Crippen LogP contribution in [0.3, 0.4) is 0 Å². The first-order chi connectivity index (χ1) is 14.7. The quantitative estimate of drug-likeness (QED) is 0.497. The zero-order valence-electron chi connectivity index (χ0n) is 16.3. The Hall–Kier alpha value is -3.87. The summed E-state index contributed by atoms with van der Waals surface area (Å²) in [4.78, 5) is 26.5. The number of anilines is 1. The number of para-hydroxylation sites is 1. The van der Waals surface area contributed by atoms with E-state index in [0.717, 1.165) is 5.56 Å². The minimum Gasteiger partial charge on any atom is -0.406 e. The molecule has 0 bridgehead atoms. The van der Waals surface area contributed by atoms with Crippen LogP contribution < -0.4 is 9.64 Å². The molecule has 7 heteroatoms. The first-order valence-electron chi connectivity index (χ1n) is 9.35. The maximum Gasteiger partial charge on any atom is 0.573 e. The van der Waals surface area contributed by atoms with Crippen molar-refractivity contribution >= 4 is 23.5 Å². The highest BCUT2D eigenvalue weighted by molar-refractivity contribution is 6.26. The van der Waals surface area contributed by atoms with Crippen LogP contribution in [0.1, 0.15) is 22.8 Å². The van der Waals surface area contributed by atoms with E-state index in [1.54, 1.807) is 54.6 Å². The van der Waals surface area contributed by atoms with Crippen molar-refractivity contribution in [1.29, 1.82) is 0 Å². The van der Waals surface area contributed by atoms with Gasteiger partial charge in [-0.05, 0) is 53.1 Å². The predicted molar refractivity (Wildman–Crippen MR) is 110 cm³/mol. The lowest BCUT2D eigenvalue weighted by Gasteiger charge is -2.16. The number of ketones is 1. The fourth-order valence-corrected chi connectivity index (χ4v) is 3.51. The van der Waals surface area contributed by atoms with Gasteiger partial charge in [-0.3, -0.25) is 14.5 Å². The molecule has 3 aromatic rings. The summed E-state index contributed by atoms with van der Waals surface area (Å²) in [6, 6.07) is 19.6. The van der Waals surface area contributed by atoms with E-state index in [0.29, 0.717) is 22.4 Å². The topological polar surface area (TPSA) is 46.6 Å². The molecule has 1 aliphatic heterocycles. The molecule has 0 saturated heterocycles. The Labute approximate surface area is 176 Å². The van der Waals surface area contributed by atoms with Crippen LogP contribution in [0.15, 0.2) is 78.5 Å². The van der Waals surface area contributed by atoms with Crippen LogP contribution in [0.2, 0.25) is 0 Å². The molecule has 0 unspecified atom stereocenters. The second-order valence-electron chi connectivity index (χ2n) is 6.93. The van der Waals surface area contributed by atoms with Gasteiger partial charge in [0.05, 0.1) is 11.4 Å². The zero-order valence-corrected chi connectivity index (χ0v) is 16.3. The highest BCUT2D eigenvalue weighted by atomic mass is 19.4. The molecule has 1 amide bonds. The molecule has 1 heterocycles. The van der Waals surface area contributed by atoms with E-state index in [1.165, 1.54) is 36.1 Å². The fraction of sp³-hybridized carbons (Fsp3) is 0.0833. The van der Waals surface area contributed by atoms with Crippen LogP contribution in [0, 0.1) is 0 Å². The van der Waals surface area contributed by atoms with Gasteiger partial charge in [-0.15, -0.1) is 13.2 Å². The summed E-state index contributed by atoms with van der Waals surface area (Å²) in [5.74, 6) is -0.827. The number of alkyl halides is 3. The van der Waals surface area contributed by atoms with Crippen LogP contribution in [-0.4, -0.2) is 18.1 Å². The fourth-order valence-electron chi connectivity index (χ4n) is 3.51. The second-order valence-corrected chi connectivity index (χ2v) is 6.93. The summed E-state index contributed by atoms with van der Waals surface area (Å²) >= 11 is 0. The summed E-state index contributed by atoms with van der Waals surface area (Å²) in [5.41, 5.74) is 3.35. The van der Waals surface area contributed by atoms with Crippen LogP contribution in [0.25, 0.3) is 17.2 Å². The number of carbonyl (C=O) groups is 2. The minimum absolute atomic E-state index is 0.246. The van der Waals surface area contributed by atoms with E-state index in [1.807, 2.05) is 0 Å². The molecule has 4 nitrogen and oxygen atoms in total. The Kier molecular flexibility index (Phi) is 5.10. The molecular weight excluding hydrogens is 407 g/mol. The monoisotopic (exact) mass is 423 g/mol. The first-order valence-corrected chi connectivity index (χ1v) is 9.35. The number of Topliss-reactive ketones (excluding diaryl/α,β-unsaturated/α-hetero) is 1. The van der Waals surface area contributed by atoms with Crippen molar-refractivity contribution in [2.45, 2.75) is 13.3 Å². The SMILES string of the molecule is CC(=O)N1C(=Cc2cccc(-c3ccc(OC(F)(F)F)cc3)c2)C(=O)c2ccccc21. The van der Waals surface area contributed by atoms with Crippen molar-refractivity contribution in [3.63, 3.8) is 0 Å². The molecular formula is C24H16F3NO3. The summed E-state index contributed by atoms with van der Waals surface area (Å²) in [7, 11) is 0. The lowest BCUT2D eigenvalue weighted by atomic mass is 10.0. The standard InChI is InChI=1S/C24H16F3NO3/c1-15(29)28-21-8-3-2-7-20(21)23(30)22(28)14-16-5-4-6-18(13-16)17-9-11-19(12-10-17)31-24(25,26)27/h2-14H,1H3. The van der Waals surface area contributed by atoms with E-state index >= 15 is 0 Å². The van der Waals surface area contributed by atoms with Gasteiger partial charge >= 0.3 is 6.36 Å². The number of benzene rings is 3. The summed E-state index contributed by atoms with van der Waals surface area (Å²) in [6.45, 7) is 1.39. The molecule has 0 N–H and O–H groups in total. The molecule has 0 spiro atoms.